The smallest absolute Gasteiger partial charge is 0.223 e. The highest BCUT2D eigenvalue weighted by Crippen LogP contribution is 2.25. The number of hydrogen-bond acceptors (Lipinski definition) is 3. The normalized spacial score (nSPS) is 14.2. The van der Waals surface area contributed by atoms with E-state index in [9.17, 15) is 0 Å². The first kappa shape index (κ1) is 9.19. The Hall–Kier alpha value is -1.38. The van der Waals surface area contributed by atoms with Crippen molar-refractivity contribution in [3.8, 4) is 5.88 Å². The van der Waals surface area contributed by atoms with E-state index in [-0.39, 0.29) is 5.60 Å². The number of hydrogen-bond donors (Lipinski definition) is 0. The number of pyridine rings is 1. The Labute approximate surface area is 83.8 Å². The van der Waals surface area contributed by atoms with Crippen LogP contribution in [-0.2, 0) is 6.54 Å². The molecule has 1 aliphatic heterocycles. The number of aromatic nitrogens is 1. The van der Waals surface area contributed by atoms with E-state index in [1.807, 2.05) is 33.1 Å². The Morgan fingerprint density at radius 1 is 1.36 bits per heavy atom. The van der Waals surface area contributed by atoms with E-state index in [4.69, 9.17) is 4.74 Å². The average molecular weight is 190 g/mol. The molecule has 0 atom stereocenters. The summed E-state index contributed by atoms with van der Waals surface area (Å²) in [7, 11) is 0. The third kappa shape index (κ3) is 1.76. The fourth-order valence-corrected chi connectivity index (χ4v) is 1.37. The molecular formula is C11H14N2O. The predicted octanol–water partition coefficient (Wildman–Crippen LogP) is 2.19. The van der Waals surface area contributed by atoms with Crippen molar-refractivity contribution in [1.29, 1.82) is 0 Å². The Kier molecular flexibility index (Phi) is 2.02. The van der Waals surface area contributed by atoms with Gasteiger partial charge >= 0.3 is 0 Å². The standard InChI is InChI=1S/C11H14N2O/c1-11(2,3)14-10-9-7-12-6-8(9)4-5-13-10/h4-5,7H,6H2,1-3H3. The van der Waals surface area contributed by atoms with Crippen LogP contribution in [0.4, 0.5) is 0 Å². The molecule has 0 unspecified atom stereocenters. The van der Waals surface area contributed by atoms with E-state index in [0.717, 1.165) is 12.1 Å². The first-order valence-electron chi connectivity index (χ1n) is 4.73. The second-order valence-electron chi connectivity index (χ2n) is 4.37. The lowest BCUT2D eigenvalue weighted by atomic mass is 10.1. The third-order valence-electron chi connectivity index (χ3n) is 1.93. The van der Waals surface area contributed by atoms with Gasteiger partial charge in [0, 0.05) is 12.4 Å². The molecule has 14 heavy (non-hydrogen) atoms. The average Bonchev–Trinajstić information content (AvgIpc) is 2.49. The maximum absolute atomic E-state index is 5.74. The van der Waals surface area contributed by atoms with Crippen LogP contribution in [-0.4, -0.2) is 16.8 Å². The molecule has 3 nitrogen and oxygen atoms in total. The van der Waals surface area contributed by atoms with Crippen molar-refractivity contribution in [3.63, 3.8) is 0 Å². The van der Waals surface area contributed by atoms with Crippen molar-refractivity contribution < 1.29 is 4.74 Å². The van der Waals surface area contributed by atoms with Crippen LogP contribution in [0.25, 0.3) is 0 Å². The lowest BCUT2D eigenvalue weighted by molar-refractivity contribution is 0.124. The molecular weight excluding hydrogens is 176 g/mol. The molecule has 3 heteroatoms. The number of ether oxygens (including phenoxy) is 1. The highest BCUT2D eigenvalue weighted by Gasteiger charge is 2.18. The molecule has 1 aromatic rings. The van der Waals surface area contributed by atoms with E-state index in [0.29, 0.717) is 5.88 Å². The monoisotopic (exact) mass is 190 g/mol. The van der Waals surface area contributed by atoms with Crippen LogP contribution >= 0.6 is 0 Å². The maximum Gasteiger partial charge on any atom is 0.223 e. The van der Waals surface area contributed by atoms with Gasteiger partial charge in [-0.1, -0.05) is 0 Å². The summed E-state index contributed by atoms with van der Waals surface area (Å²) in [6, 6.07) is 1.98. The van der Waals surface area contributed by atoms with Crippen molar-refractivity contribution in [2.45, 2.75) is 32.9 Å². The van der Waals surface area contributed by atoms with Gasteiger partial charge in [-0.25, -0.2) is 4.98 Å². The van der Waals surface area contributed by atoms with E-state index < -0.39 is 0 Å². The zero-order valence-corrected chi connectivity index (χ0v) is 8.74. The molecule has 0 bridgehead atoms. The van der Waals surface area contributed by atoms with Gasteiger partial charge < -0.3 is 4.74 Å². The minimum absolute atomic E-state index is 0.210. The van der Waals surface area contributed by atoms with Gasteiger partial charge in [-0.15, -0.1) is 0 Å². The van der Waals surface area contributed by atoms with Gasteiger partial charge in [0.2, 0.25) is 5.88 Å². The van der Waals surface area contributed by atoms with Gasteiger partial charge in [-0.3, -0.25) is 4.99 Å². The fourth-order valence-electron chi connectivity index (χ4n) is 1.37. The van der Waals surface area contributed by atoms with Crippen LogP contribution in [0.5, 0.6) is 5.88 Å². The lowest BCUT2D eigenvalue weighted by Gasteiger charge is -2.21. The Bertz CT molecular complexity index is 377. The minimum Gasteiger partial charge on any atom is -0.471 e. The van der Waals surface area contributed by atoms with Crippen LogP contribution < -0.4 is 4.74 Å². The molecule has 0 saturated carbocycles. The number of rotatable bonds is 1. The molecule has 0 fully saturated rings. The van der Waals surface area contributed by atoms with Gasteiger partial charge in [0.15, 0.2) is 0 Å². The molecule has 2 heterocycles. The zero-order valence-electron chi connectivity index (χ0n) is 8.74. The molecule has 0 saturated heterocycles. The first-order chi connectivity index (χ1) is 6.56. The Morgan fingerprint density at radius 3 is 2.86 bits per heavy atom. The molecule has 0 radical (unpaired) electrons. The Balaban J connectivity index is 2.35. The summed E-state index contributed by atoms with van der Waals surface area (Å²) in [5, 5.41) is 0. The molecule has 1 aromatic heterocycles. The SMILES string of the molecule is CC(C)(C)Oc1nccc2c1C=NC2. The van der Waals surface area contributed by atoms with Crippen molar-refractivity contribution in [2.24, 2.45) is 4.99 Å². The third-order valence-corrected chi connectivity index (χ3v) is 1.93. The molecule has 0 aromatic carbocycles. The van der Waals surface area contributed by atoms with Crippen molar-refractivity contribution in [1.82, 2.24) is 4.98 Å². The maximum atomic E-state index is 5.74. The zero-order chi connectivity index (χ0) is 10.2. The van der Waals surface area contributed by atoms with Crippen molar-refractivity contribution >= 4 is 6.21 Å². The summed E-state index contributed by atoms with van der Waals surface area (Å²) in [6.07, 6.45) is 3.61. The number of fused-ring (bicyclic) bond motifs is 1. The first-order valence-corrected chi connectivity index (χ1v) is 4.73. The Morgan fingerprint density at radius 2 is 2.14 bits per heavy atom. The number of nitrogens with zero attached hydrogens (tertiary/aromatic N) is 2. The summed E-state index contributed by atoms with van der Waals surface area (Å²) in [5.74, 6) is 0.691. The summed E-state index contributed by atoms with van der Waals surface area (Å²) in [6.45, 7) is 6.79. The summed E-state index contributed by atoms with van der Waals surface area (Å²) >= 11 is 0. The summed E-state index contributed by atoms with van der Waals surface area (Å²) in [5.41, 5.74) is 2.01. The quantitative estimate of drug-likeness (QED) is 0.680. The largest absolute Gasteiger partial charge is 0.471 e. The van der Waals surface area contributed by atoms with E-state index in [2.05, 4.69) is 9.98 Å². The predicted molar refractivity (Wildman–Crippen MR) is 55.9 cm³/mol. The highest BCUT2D eigenvalue weighted by atomic mass is 16.5. The minimum atomic E-state index is -0.210. The molecule has 74 valence electrons. The van der Waals surface area contributed by atoms with E-state index in [1.165, 1.54) is 5.56 Å². The van der Waals surface area contributed by atoms with Crippen LogP contribution in [0, 0.1) is 0 Å². The van der Waals surface area contributed by atoms with Gasteiger partial charge in [0.05, 0.1) is 12.1 Å². The highest BCUT2D eigenvalue weighted by molar-refractivity contribution is 5.87. The second kappa shape index (κ2) is 3.08. The topological polar surface area (TPSA) is 34.5 Å². The van der Waals surface area contributed by atoms with Crippen LogP contribution in [0.2, 0.25) is 0 Å². The molecule has 1 aliphatic rings. The molecule has 0 aliphatic carbocycles. The molecule has 0 spiro atoms. The van der Waals surface area contributed by atoms with Gasteiger partial charge in [0.1, 0.15) is 5.60 Å². The molecule has 0 amide bonds. The van der Waals surface area contributed by atoms with Crippen molar-refractivity contribution in [2.75, 3.05) is 0 Å². The molecule has 2 rings (SSSR count). The number of aliphatic imine (C=N–C) groups is 1. The second-order valence-corrected chi connectivity index (χ2v) is 4.37. The summed E-state index contributed by atoms with van der Waals surface area (Å²) < 4.78 is 5.74. The summed E-state index contributed by atoms with van der Waals surface area (Å²) in [4.78, 5) is 8.42. The lowest BCUT2D eigenvalue weighted by Crippen LogP contribution is -2.24. The van der Waals surface area contributed by atoms with Crippen LogP contribution in [0.15, 0.2) is 17.3 Å². The van der Waals surface area contributed by atoms with Crippen LogP contribution in [0.1, 0.15) is 31.9 Å². The fraction of sp³-hybridized carbons (Fsp3) is 0.455. The van der Waals surface area contributed by atoms with Gasteiger partial charge in [0.25, 0.3) is 0 Å². The van der Waals surface area contributed by atoms with Gasteiger partial charge in [-0.05, 0) is 32.4 Å². The molecule has 0 N–H and O–H groups in total. The van der Waals surface area contributed by atoms with Gasteiger partial charge in [-0.2, -0.15) is 0 Å². The van der Waals surface area contributed by atoms with Crippen LogP contribution in [0.3, 0.4) is 0 Å². The van der Waals surface area contributed by atoms with E-state index in [1.54, 1.807) is 6.20 Å². The van der Waals surface area contributed by atoms with Crippen molar-refractivity contribution in [3.05, 3.63) is 23.4 Å². The van der Waals surface area contributed by atoms with E-state index >= 15 is 0 Å².